The fourth-order valence-corrected chi connectivity index (χ4v) is 4.38. The van der Waals surface area contributed by atoms with Gasteiger partial charge in [-0.25, -0.2) is 9.97 Å². The highest BCUT2D eigenvalue weighted by molar-refractivity contribution is 7.11. The van der Waals surface area contributed by atoms with Crippen molar-refractivity contribution in [3.05, 3.63) is 33.4 Å². The van der Waals surface area contributed by atoms with Crippen molar-refractivity contribution in [3.63, 3.8) is 0 Å². The number of fused-ring (bicyclic) bond motifs is 1. The molecule has 0 aromatic carbocycles. The number of hydrogen-bond acceptors (Lipinski definition) is 7. The summed E-state index contributed by atoms with van der Waals surface area (Å²) in [6.07, 6.45) is 3.51. The first-order chi connectivity index (χ1) is 13.5. The predicted octanol–water partition coefficient (Wildman–Crippen LogP) is 2.02. The highest BCUT2D eigenvalue weighted by Crippen LogP contribution is 2.30. The minimum atomic E-state index is -0.226. The van der Waals surface area contributed by atoms with Crippen LogP contribution in [0.1, 0.15) is 38.8 Å². The molecule has 8 nitrogen and oxygen atoms in total. The Labute approximate surface area is 167 Å². The van der Waals surface area contributed by atoms with E-state index in [-0.39, 0.29) is 24.5 Å². The smallest absolute Gasteiger partial charge is 0.253 e. The number of rotatable bonds is 5. The number of pyridine rings is 1. The molecule has 1 fully saturated rings. The van der Waals surface area contributed by atoms with Crippen LogP contribution in [0, 0.1) is 13.8 Å². The molecule has 1 saturated heterocycles. The van der Waals surface area contributed by atoms with E-state index in [0.717, 1.165) is 35.0 Å². The van der Waals surface area contributed by atoms with E-state index in [1.165, 1.54) is 6.20 Å². The van der Waals surface area contributed by atoms with Crippen LogP contribution in [-0.4, -0.2) is 47.6 Å². The number of amides is 2. The summed E-state index contributed by atoms with van der Waals surface area (Å²) in [5.74, 6) is 0.344. The number of nitrogens with one attached hydrogen (secondary N) is 2. The molecule has 2 N–H and O–H groups in total. The van der Waals surface area contributed by atoms with Crippen LogP contribution < -0.4 is 15.5 Å². The Morgan fingerprint density at radius 3 is 3.04 bits per heavy atom. The van der Waals surface area contributed by atoms with E-state index < -0.39 is 0 Å². The Bertz CT molecular complexity index is 907. The molecule has 0 radical (unpaired) electrons. The van der Waals surface area contributed by atoms with Crippen molar-refractivity contribution in [1.82, 2.24) is 15.3 Å². The van der Waals surface area contributed by atoms with Crippen LogP contribution in [0.3, 0.4) is 0 Å². The third-order valence-electron chi connectivity index (χ3n) is 4.95. The fraction of sp³-hybridized carbons (Fsp3) is 0.474. The Kier molecular flexibility index (Phi) is 5.27. The van der Waals surface area contributed by atoms with E-state index in [2.05, 4.69) is 20.6 Å². The average molecular weight is 401 g/mol. The molecule has 2 aromatic rings. The number of carbonyl (C=O) groups is 2. The lowest BCUT2D eigenvalue weighted by molar-refractivity contribution is -0.117. The molecular weight excluding hydrogens is 378 g/mol. The molecule has 28 heavy (non-hydrogen) atoms. The Hall–Kier alpha value is -2.52. The molecule has 2 aromatic heterocycles. The minimum absolute atomic E-state index is 0.0323. The van der Waals surface area contributed by atoms with E-state index in [9.17, 15) is 9.59 Å². The number of carbonyl (C=O) groups excluding carboxylic acids is 2. The lowest BCUT2D eigenvalue weighted by Gasteiger charge is -2.31. The van der Waals surface area contributed by atoms with Crippen LogP contribution >= 0.6 is 11.3 Å². The van der Waals surface area contributed by atoms with Gasteiger partial charge in [-0.15, -0.1) is 11.3 Å². The minimum Gasteiger partial charge on any atom is -0.376 e. The molecule has 2 amide bonds. The number of aromatic nitrogens is 2. The van der Waals surface area contributed by atoms with Gasteiger partial charge in [-0.2, -0.15) is 0 Å². The van der Waals surface area contributed by atoms with Gasteiger partial charge >= 0.3 is 0 Å². The molecular formula is C19H23N5O3S. The monoisotopic (exact) mass is 401 g/mol. The zero-order valence-corrected chi connectivity index (χ0v) is 16.8. The first-order valence-electron chi connectivity index (χ1n) is 9.38. The third kappa shape index (κ3) is 3.85. The van der Waals surface area contributed by atoms with Gasteiger partial charge in [0.2, 0.25) is 5.91 Å². The highest BCUT2D eigenvalue weighted by Gasteiger charge is 2.29. The van der Waals surface area contributed by atoms with E-state index in [1.54, 1.807) is 22.3 Å². The summed E-state index contributed by atoms with van der Waals surface area (Å²) >= 11 is 1.57. The van der Waals surface area contributed by atoms with Crippen LogP contribution in [0.15, 0.2) is 12.3 Å². The van der Waals surface area contributed by atoms with Crippen LogP contribution in [0.5, 0.6) is 0 Å². The zero-order valence-electron chi connectivity index (χ0n) is 15.9. The number of thiazole rings is 1. The maximum Gasteiger partial charge on any atom is 0.253 e. The van der Waals surface area contributed by atoms with Gasteiger partial charge in [0.15, 0.2) is 0 Å². The topological polar surface area (TPSA) is 96.5 Å². The maximum atomic E-state index is 12.6. The third-order valence-corrected chi connectivity index (χ3v) is 6.02. The fourth-order valence-electron chi connectivity index (χ4n) is 3.50. The van der Waals surface area contributed by atoms with Gasteiger partial charge in [0.25, 0.3) is 5.91 Å². The largest absolute Gasteiger partial charge is 0.376 e. The van der Waals surface area contributed by atoms with Crippen molar-refractivity contribution >= 4 is 34.7 Å². The second kappa shape index (κ2) is 7.84. The Morgan fingerprint density at radius 2 is 2.32 bits per heavy atom. The van der Waals surface area contributed by atoms with Crippen LogP contribution in [0.4, 0.5) is 11.5 Å². The van der Waals surface area contributed by atoms with Crippen molar-refractivity contribution in [3.8, 4) is 0 Å². The maximum absolute atomic E-state index is 12.6. The van der Waals surface area contributed by atoms with Crippen molar-refractivity contribution in [1.29, 1.82) is 0 Å². The number of anilines is 2. The zero-order chi connectivity index (χ0) is 19.7. The van der Waals surface area contributed by atoms with Gasteiger partial charge in [-0.05, 0) is 32.8 Å². The summed E-state index contributed by atoms with van der Waals surface area (Å²) < 4.78 is 5.68. The summed E-state index contributed by atoms with van der Waals surface area (Å²) in [6.45, 7) is 5.72. The second-order valence-corrected chi connectivity index (χ2v) is 8.30. The standard InChI is InChI=1S/C19H23N5O3S/c1-11-16(28-12(2)23-11)8-22-19(26)13-6-15-18(20-7-13)21-9-17(25)24(15)10-14-4-3-5-27-14/h6-7,14H,3-5,8-10H2,1-2H3,(H,20,21)(H,22,26). The molecule has 0 saturated carbocycles. The molecule has 0 bridgehead atoms. The summed E-state index contributed by atoms with van der Waals surface area (Å²) in [5, 5.41) is 6.92. The molecule has 4 heterocycles. The average Bonchev–Trinajstić information content (AvgIpc) is 3.30. The molecule has 148 valence electrons. The number of aryl methyl sites for hydroxylation is 2. The highest BCUT2D eigenvalue weighted by atomic mass is 32.1. The van der Waals surface area contributed by atoms with Crippen LogP contribution in [0.2, 0.25) is 0 Å². The summed E-state index contributed by atoms with van der Waals surface area (Å²) in [7, 11) is 0. The molecule has 4 rings (SSSR count). The Balaban J connectivity index is 1.51. The lowest BCUT2D eigenvalue weighted by atomic mass is 10.1. The molecule has 9 heteroatoms. The molecule has 1 atom stereocenters. The van der Waals surface area contributed by atoms with Crippen molar-refractivity contribution < 1.29 is 14.3 Å². The number of hydrogen-bond donors (Lipinski definition) is 2. The van der Waals surface area contributed by atoms with Gasteiger partial charge in [0.1, 0.15) is 5.82 Å². The van der Waals surface area contributed by atoms with Gasteiger partial charge in [0.05, 0.1) is 47.7 Å². The van der Waals surface area contributed by atoms with E-state index in [4.69, 9.17) is 4.74 Å². The first kappa shape index (κ1) is 18.8. The van der Waals surface area contributed by atoms with Crippen molar-refractivity contribution in [2.45, 2.75) is 39.3 Å². The van der Waals surface area contributed by atoms with E-state index in [0.29, 0.717) is 30.2 Å². The first-order valence-corrected chi connectivity index (χ1v) is 10.2. The molecule has 0 spiro atoms. The summed E-state index contributed by atoms with van der Waals surface area (Å²) in [4.78, 5) is 36.5. The summed E-state index contributed by atoms with van der Waals surface area (Å²) in [6, 6.07) is 1.72. The normalized spacial score (nSPS) is 18.7. The molecule has 0 aliphatic carbocycles. The van der Waals surface area contributed by atoms with Gasteiger partial charge in [-0.3, -0.25) is 9.59 Å². The number of ether oxygens (including phenoxy) is 1. The predicted molar refractivity (Wildman–Crippen MR) is 107 cm³/mol. The molecule has 1 unspecified atom stereocenters. The van der Waals surface area contributed by atoms with Crippen LogP contribution in [0.25, 0.3) is 0 Å². The summed E-state index contributed by atoms with van der Waals surface area (Å²) in [5.41, 5.74) is 1.99. The van der Waals surface area contributed by atoms with E-state index >= 15 is 0 Å². The van der Waals surface area contributed by atoms with Crippen molar-refractivity contribution in [2.75, 3.05) is 29.9 Å². The van der Waals surface area contributed by atoms with Crippen molar-refractivity contribution in [2.24, 2.45) is 0 Å². The quantitative estimate of drug-likeness (QED) is 0.796. The van der Waals surface area contributed by atoms with Crippen LogP contribution in [-0.2, 0) is 16.1 Å². The van der Waals surface area contributed by atoms with Gasteiger partial charge in [-0.1, -0.05) is 0 Å². The van der Waals surface area contributed by atoms with Gasteiger partial charge < -0.3 is 20.3 Å². The second-order valence-electron chi connectivity index (χ2n) is 7.01. The molecule has 2 aliphatic rings. The van der Waals surface area contributed by atoms with Gasteiger partial charge in [0, 0.05) is 17.7 Å². The van der Waals surface area contributed by atoms with E-state index in [1.807, 2.05) is 13.8 Å². The Morgan fingerprint density at radius 1 is 1.46 bits per heavy atom. The molecule has 2 aliphatic heterocycles. The lowest BCUT2D eigenvalue weighted by Crippen LogP contribution is -2.44. The number of nitrogens with zero attached hydrogens (tertiary/aromatic N) is 3. The SMILES string of the molecule is Cc1nc(C)c(CNC(=O)c2cnc3c(c2)N(CC2CCCO2)C(=O)CN3)s1.